The van der Waals surface area contributed by atoms with Crippen molar-refractivity contribution in [1.29, 1.82) is 0 Å². The fraction of sp³-hybridized carbons (Fsp3) is 0.333. The average Bonchev–Trinajstić information content (AvgIpc) is 2.19. The van der Waals surface area contributed by atoms with E-state index in [-0.39, 0.29) is 0 Å². The van der Waals surface area contributed by atoms with Gasteiger partial charge in [-0.3, -0.25) is 0 Å². The number of nitrogens with zero attached hydrogens (tertiary/aromatic N) is 1. The number of fused-ring (bicyclic) bond motifs is 1. The van der Waals surface area contributed by atoms with Crippen molar-refractivity contribution in [3.05, 3.63) is 24.3 Å². The van der Waals surface area contributed by atoms with Crippen LogP contribution in [-0.2, 0) is 0 Å². The van der Waals surface area contributed by atoms with Gasteiger partial charge < -0.3 is 0 Å². The number of benzene rings is 1. The molecule has 0 fully saturated rings. The third kappa shape index (κ3) is 1.54. The Morgan fingerprint density at radius 1 is 1.54 bits per heavy atom. The normalized spacial score (nSPS) is 20.8. The third-order valence-electron chi connectivity index (χ3n) is 2.24. The van der Waals surface area contributed by atoms with Crippen LogP contribution in [0.1, 0.15) is 0 Å². The molecular formula is C9H13AsN2O. The van der Waals surface area contributed by atoms with E-state index in [2.05, 4.69) is 9.88 Å². The Morgan fingerprint density at radius 2 is 2.31 bits per heavy atom. The molecule has 0 aliphatic carbocycles. The fourth-order valence-electron chi connectivity index (χ4n) is 1.44. The van der Waals surface area contributed by atoms with Gasteiger partial charge in [0.25, 0.3) is 0 Å². The zero-order valence-electron chi connectivity index (χ0n) is 7.31. The molecule has 2 N–H and O–H groups in total. The van der Waals surface area contributed by atoms with Gasteiger partial charge in [-0.2, -0.15) is 0 Å². The van der Waals surface area contributed by atoms with Crippen molar-refractivity contribution in [2.24, 2.45) is 5.73 Å². The molecular weight excluding hydrogens is 227 g/mol. The molecule has 0 aromatic heterocycles. The molecule has 13 heavy (non-hydrogen) atoms. The topological polar surface area (TPSA) is 38.5 Å². The van der Waals surface area contributed by atoms with Crippen molar-refractivity contribution in [1.82, 2.24) is 0 Å². The first-order valence-corrected chi connectivity index (χ1v) is 5.37. The molecule has 2 atom stereocenters. The minimum absolute atomic E-state index is 0.329. The summed E-state index contributed by atoms with van der Waals surface area (Å²) in [6, 6.07) is 8.40. The second kappa shape index (κ2) is 3.60. The van der Waals surface area contributed by atoms with Gasteiger partial charge in [-0.25, -0.2) is 0 Å². The van der Waals surface area contributed by atoms with Crippen LogP contribution in [0.5, 0.6) is 5.75 Å². The van der Waals surface area contributed by atoms with Gasteiger partial charge in [0.2, 0.25) is 0 Å². The first kappa shape index (κ1) is 8.92. The van der Waals surface area contributed by atoms with Crippen LogP contribution < -0.4 is 14.3 Å². The van der Waals surface area contributed by atoms with Crippen molar-refractivity contribution in [2.45, 2.75) is 6.04 Å². The maximum absolute atomic E-state index is 5.64. The predicted molar refractivity (Wildman–Crippen MR) is 55.8 cm³/mol. The van der Waals surface area contributed by atoms with E-state index in [9.17, 15) is 0 Å². The summed E-state index contributed by atoms with van der Waals surface area (Å²) in [4.78, 5) is 0. The van der Waals surface area contributed by atoms with E-state index in [1.165, 1.54) is 0 Å². The molecule has 70 valence electrons. The molecule has 0 amide bonds. The molecule has 4 heteroatoms. The summed E-state index contributed by atoms with van der Waals surface area (Å²) >= 11 is 1.58. The number of hydrogen-bond acceptors (Lipinski definition) is 3. The van der Waals surface area contributed by atoms with Crippen LogP contribution in [0.4, 0.5) is 5.69 Å². The van der Waals surface area contributed by atoms with Crippen LogP contribution in [0.2, 0.25) is 0 Å². The maximum atomic E-state index is 5.64. The second-order valence-electron chi connectivity index (χ2n) is 3.08. The van der Waals surface area contributed by atoms with Crippen LogP contribution in [0, 0.1) is 0 Å². The van der Waals surface area contributed by atoms with Gasteiger partial charge in [0.05, 0.1) is 0 Å². The Morgan fingerprint density at radius 3 is 3.08 bits per heavy atom. The summed E-state index contributed by atoms with van der Waals surface area (Å²) in [5.41, 5.74) is 6.80. The van der Waals surface area contributed by atoms with Crippen LogP contribution in [0.15, 0.2) is 24.3 Å². The number of anilines is 1. The monoisotopic (exact) mass is 240 g/mol. The van der Waals surface area contributed by atoms with Crippen LogP contribution >= 0.6 is 0 Å². The number of rotatable bonds is 1. The third-order valence-corrected chi connectivity index (χ3v) is 3.71. The molecule has 0 saturated heterocycles. The number of nitrogens with two attached hydrogens (primary N) is 1. The summed E-state index contributed by atoms with van der Waals surface area (Å²) in [5, 5.41) is 0. The first-order valence-electron chi connectivity index (χ1n) is 4.28. The molecule has 1 aliphatic heterocycles. The SMILES string of the molecule is NCC1COc2ccccc2N1[AsH2]. The van der Waals surface area contributed by atoms with E-state index in [0.717, 1.165) is 11.4 Å². The zero-order valence-corrected chi connectivity index (χ0v) is 9.73. The van der Waals surface area contributed by atoms with Crippen molar-refractivity contribution >= 4 is 22.8 Å². The molecule has 0 saturated carbocycles. The molecule has 2 unspecified atom stereocenters. The Balaban J connectivity index is 2.33. The predicted octanol–water partition coefficient (Wildman–Crippen LogP) is -0.239. The standard InChI is InChI=1S/C9H13AsN2O/c10-12-7(5-11)6-13-9-4-2-1-3-8(9)12/h1-4,7H,5-6,10-11H2. The van der Waals surface area contributed by atoms with Crippen molar-refractivity contribution in [3.63, 3.8) is 0 Å². The van der Waals surface area contributed by atoms with Crippen molar-refractivity contribution in [2.75, 3.05) is 17.0 Å². The summed E-state index contributed by atoms with van der Waals surface area (Å²) in [6.07, 6.45) is 0. The summed E-state index contributed by atoms with van der Waals surface area (Å²) in [7, 11) is 0. The Kier molecular flexibility index (Phi) is 2.47. The van der Waals surface area contributed by atoms with Gasteiger partial charge in [0, 0.05) is 0 Å². The van der Waals surface area contributed by atoms with Gasteiger partial charge in [-0.1, -0.05) is 0 Å². The van der Waals surface area contributed by atoms with Crippen molar-refractivity contribution < 1.29 is 4.74 Å². The first-order chi connectivity index (χ1) is 6.33. The summed E-state index contributed by atoms with van der Waals surface area (Å²) < 4.78 is 7.83. The van der Waals surface area contributed by atoms with E-state index in [0.29, 0.717) is 19.2 Å². The number of ether oxygens (including phenoxy) is 1. The molecule has 1 heterocycles. The molecule has 1 aliphatic rings. The fourth-order valence-corrected chi connectivity index (χ4v) is 2.32. The molecule has 1 aromatic rings. The molecule has 0 radical (unpaired) electrons. The summed E-state index contributed by atoms with van der Waals surface area (Å²) in [6.45, 7) is 1.35. The van der Waals surface area contributed by atoms with Gasteiger partial charge in [0.1, 0.15) is 0 Å². The van der Waals surface area contributed by atoms with E-state index in [1.807, 2.05) is 18.2 Å². The van der Waals surface area contributed by atoms with E-state index < -0.39 is 0 Å². The minimum atomic E-state index is 0.329. The van der Waals surface area contributed by atoms with Crippen LogP contribution in [-0.4, -0.2) is 36.3 Å². The molecule has 3 nitrogen and oxygen atoms in total. The van der Waals surface area contributed by atoms with Gasteiger partial charge in [0.15, 0.2) is 0 Å². The second-order valence-corrected chi connectivity index (χ2v) is 4.24. The Bertz CT molecular complexity index is 305. The summed E-state index contributed by atoms with van der Waals surface area (Å²) in [5.74, 6) is 0.969. The van der Waals surface area contributed by atoms with E-state index in [1.54, 1.807) is 17.1 Å². The molecule has 2 rings (SSSR count). The Labute approximate surface area is 86.6 Å². The van der Waals surface area contributed by atoms with E-state index >= 15 is 0 Å². The molecule has 1 aromatic carbocycles. The van der Waals surface area contributed by atoms with Gasteiger partial charge in [-0.05, 0) is 0 Å². The molecule has 0 spiro atoms. The zero-order chi connectivity index (χ0) is 9.26. The number of para-hydroxylation sites is 2. The van der Waals surface area contributed by atoms with E-state index in [4.69, 9.17) is 10.5 Å². The molecule has 0 bridgehead atoms. The average molecular weight is 240 g/mol. The van der Waals surface area contributed by atoms with Gasteiger partial charge in [-0.15, -0.1) is 0 Å². The number of hydrogen-bond donors (Lipinski definition) is 1. The van der Waals surface area contributed by atoms with Crippen LogP contribution in [0.25, 0.3) is 0 Å². The van der Waals surface area contributed by atoms with Gasteiger partial charge >= 0.3 is 86.3 Å². The van der Waals surface area contributed by atoms with Crippen LogP contribution in [0.3, 0.4) is 0 Å². The Hall–Kier alpha value is -0.662. The van der Waals surface area contributed by atoms with Crippen molar-refractivity contribution in [3.8, 4) is 5.75 Å². The quantitative estimate of drug-likeness (QED) is 0.688.